The van der Waals surface area contributed by atoms with E-state index in [-0.39, 0.29) is 0 Å². The van der Waals surface area contributed by atoms with Gasteiger partial charge in [-0.2, -0.15) is 0 Å². The number of nitrogens with zero attached hydrogens (tertiary/aromatic N) is 1. The van der Waals surface area contributed by atoms with Crippen molar-refractivity contribution in [3.63, 3.8) is 0 Å². The number of hydrogen-bond acceptors (Lipinski definition) is 2. The molecule has 0 N–H and O–H groups in total. The maximum Gasteiger partial charge on any atom is 0.214 e. The fourth-order valence-corrected chi connectivity index (χ4v) is 3.55. The minimum Gasteiger partial charge on any atom is -0.212 e. The Morgan fingerprint density at radius 3 is 2.36 bits per heavy atom. The Morgan fingerprint density at radius 1 is 1.36 bits per heavy atom. The summed E-state index contributed by atoms with van der Waals surface area (Å²) in [7, 11) is -2.89. The van der Waals surface area contributed by atoms with E-state index in [2.05, 4.69) is 20.8 Å². The van der Waals surface area contributed by atoms with Crippen LogP contribution in [0, 0.1) is 11.8 Å². The summed E-state index contributed by atoms with van der Waals surface area (Å²) in [6.45, 7) is 7.91. The zero-order valence-electron chi connectivity index (χ0n) is 9.36. The predicted octanol–water partition coefficient (Wildman–Crippen LogP) is 1.70. The van der Waals surface area contributed by atoms with E-state index in [9.17, 15) is 8.42 Å². The van der Waals surface area contributed by atoms with Crippen LogP contribution >= 0.6 is 0 Å². The SMILES string of the molecule is CC[C@@H](CN1CCCS1(=O)=O)C(C)C. The van der Waals surface area contributed by atoms with Crippen LogP contribution in [-0.4, -0.2) is 31.6 Å². The molecule has 0 radical (unpaired) electrons. The molecule has 1 aliphatic rings. The number of rotatable bonds is 4. The topological polar surface area (TPSA) is 37.4 Å². The summed E-state index contributed by atoms with van der Waals surface area (Å²) in [5.74, 6) is 1.42. The highest BCUT2D eigenvalue weighted by atomic mass is 32.2. The summed E-state index contributed by atoms with van der Waals surface area (Å²) in [5, 5.41) is 0. The van der Waals surface area contributed by atoms with Crippen LogP contribution in [0.4, 0.5) is 0 Å². The second-order valence-corrected chi connectivity index (χ2v) is 6.53. The Labute approximate surface area is 87.5 Å². The van der Waals surface area contributed by atoms with E-state index in [4.69, 9.17) is 0 Å². The molecular weight excluding hydrogens is 198 g/mol. The normalized spacial score (nSPS) is 24.3. The van der Waals surface area contributed by atoms with Crippen molar-refractivity contribution in [2.75, 3.05) is 18.8 Å². The van der Waals surface area contributed by atoms with Gasteiger partial charge in [-0.25, -0.2) is 12.7 Å². The quantitative estimate of drug-likeness (QED) is 0.722. The van der Waals surface area contributed by atoms with Gasteiger partial charge in [-0.15, -0.1) is 0 Å². The van der Waals surface area contributed by atoms with Crippen molar-refractivity contribution in [3.05, 3.63) is 0 Å². The van der Waals surface area contributed by atoms with Crippen LogP contribution in [0.2, 0.25) is 0 Å². The molecule has 1 rings (SSSR count). The van der Waals surface area contributed by atoms with E-state index in [0.29, 0.717) is 17.6 Å². The van der Waals surface area contributed by atoms with Crippen LogP contribution in [0.3, 0.4) is 0 Å². The van der Waals surface area contributed by atoms with E-state index in [1.165, 1.54) is 0 Å². The summed E-state index contributed by atoms with van der Waals surface area (Å²) in [4.78, 5) is 0. The highest BCUT2D eigenvalue weighted by Crippen LogP contribution is 2.21. The number of hydrogen-bond donors (Lipinski definition) is 0. The molecule has 0 spiro atoms. The third-order valence-electron chi connectivity index (χ3n) is 3.11. The highest BCUT2D eigenvalue weighted by Gasteiger charge is 2.30. The summed E-state index contributed by atoms with van der Waals surface area (Å²) in [6.07, 6.45) is 1.86. The Hall–Kier alpha value is -0.0900. The average molecular weight is 219 g/mol. The molecule has 0 unspecified atom stereocenters. The standard InChI is InChI=1S/C10H21NO2S/c1-4-10(9(2)3)8-11-6-5-7-14(11,12)13/h9-10H,4-8H2,1-3H3/t10-/m0/s1. The predicted molar refractivity (Wildman–Crippen MR) is 58.6 cm³/mol. The largest absolute Gasteiger partial charge is 0.214 e. The van der Waals surface area contributed by atoms with Crippen molar-refractivity contribution in [1.29, 1.82) is 0 Å². The Kier molecular flexibility index (Phi) is 3.95. The van der Waals surface area contributed by atoms with E-state index in [1.807, 2.05) is 0 Å². The molecule has 1 heterocycles. The van der Waals surface area contributed by atoms with E-state index in [1.54, 1.807) is 4.31 Å². The van der Waals surface area contributed by atoms with Crippen molar-refractivity contribution in [3.8, 4) is 0 Å². The Balaban J connectivity index is 2.59. The molecule has 0 aromatic carbocycles. The van der Waals surface area contributed by atoms with Crippen LogP contribution in [0.5, 0.6) is 0 Å². The second-order valence-electron chi connectivity index (χ2n) is 4.44. The molecular formula is C10H21NO2S. The van der Waals surface area contributed by atoms with Crippen molar-refractivity contribution >= 4 is 10.0 Å². The van der Waals surface area contributed by atoms with Gasteiger partial charge in [-0.1, -0.05) is 27.2 Å². The first-order valence-electron chi connectivity index (χ1n) is 5.45. The highest BCUT2D eigenvalue weighted by molar-refractivity contribution is 7.89. The molecule has 3 nitrogen and oxygen atoms in total. The molecule has 0 saturated carbocycles. The molecule has 0 amide bonds. The summed E-state index contributed by atoms with van der Waals surface area (Å²) in [6, 6.07) is 0. The van der Waals surface area contributed by atoms with E-state index < -0.39 is 10.0 Å². The molecule has 84 valence electrons. The van der Waals surface area contributed by atoms with Gasteiger partial charge in [-0.3, -0.25) is 0 Å². The molecule has 1 aliphatic heterocycles. The third kappa shape index (κ3) is 2.70. The lowest BCUT2D eigenvalue weighted by Gasteiger charge is -2.24. The zero-order valence-corrected chi connectivity index (χ0v) is 10.2. The van der Waals surface area contributed by atoms with Crippen molar-refractivity contribution in [2.45, 2.75) is 33.6 Å². The second kappa shape index (κ2) is 4.62. The first-order chi connectivity index (χ1) is 6.47. The van der Waals surface area contributed by atoms with Crippen molar-refractivity contribution in [1.82, 2.24) is 4.31 Å². The van der Waals surface area contributed by atoms with Gasteiger partial charge in [0.05, 0.1) is 5.75 Å². The molecule has 1 saturated heterocycles. The van der Waals surface area contributed by atoms with Gasteiger partial charge in [0, 0.05) is 13.1 Å². The summed E-state index contributed by atoms with van der Waals surface area (Å²) in [5.41, 5.74) is 0. The van der Waals surface area contributed by atoms with Gasteiger partial charge >= 0.3 is 0 Å². The van der Waals surface area contributed by atoms with Crippen LogP contribution in [0.15, 0.2) is 0 Å². The van der Waals surface area contributed by atoms with Gasteiger partial charge in [0.15, 0.2) is 0 Å². The van der Waals surface area contributed by atoms with Gasteiger partial charge in [-0.05, 0) is 18.3 Å². The molecule has 0 aromatic rings. The van der Waals surface area contributed by atoms with Gasteiger partial charge in [0.2, 0.25) is 10.0 Å². The molecule has 0 aliphatic carbocycles. The van der Waals surface area contributed by atoms with E-state index in [0.717, 1.165) is 25.9 Å². The zero-order chi connectivity index (χ0) is 10.8. The van der Waals surface area contributed by atoms with Crippen molar-refractivity contribution in [2.24, 2.45) is 11.8 Å². The Bertz CT molecular complexity index is 272. The molecule has 1 atom stereocenters. The molecule has 4 heteroatoms. The summed E-state index contributed by atoms with van der Waals surface area (Å²) >= 11 is 0. The monoisotopic (exact) mass is 219 g/mol. The summed E-state index contributed by atoms with van der Waals surface area (Å²) < 4.78 is 24.8. The fraction of sp³-hybridized carbons (Fsp3) is 1.00. The van der Waals surface area contributed by atoms with Crippen LogP contribution in [0.25, 0.3) is 0 Å². The Morgan fingerprint density at radius 2 is 2.00 bits per heavy atom. The van der Waals surface area contributed by atoms with Crippen LogP contribution in [-0.2, 0) is 10.0 Å². The van der Waals surface area contributed by atoms with Gasteiger partial charge in [0.1, 0.15) is 0 Å². The van der Waals surface area contributed by atoms with Gasteiger partial charge in [0.25, 0.3) is 0 Å². The minimum absolute atomic E-state index is 0.349. The minimum atomic E-state index is -2.89. The lowest BCUT2D eigenvalue weighted by Crippen LogP contribution is -2.32. The molecule has 1 fully saturated rings. The fourth-order valence-electron chi connectivity index (χ4n) is 1.97. The van der Waals surface area contributed by atoms with E-state index >= 15 is 0 Å². The van der Waals surface area contributed by atoms with Crippen LogP contribution < -0.4 is 0 Å². The average Bonchev–Trinajstić information content (AvgIpc) is 2.40. The maximum atomic E-state index is 11.6. The van der Waals surface area contributed by atoms with Crippen LogP contribution in [0.1, 0.15) is 33.6 Å². The third-order valence-corrected chi connectivity index (χ3v) is 5.03. The maximum absolute atomic E-state index is 11.6. The lowest BCUT2D eigenvalue weighted by molar-refractivity contribution is 0.290. The molecule has 14 heavy (non-hydrogen) atoms. The molecule has 0 aromatic heterocycles. The molecule has 0 bridgehead atoms. The number of sulfonamides is 1. The lowest BCUT2D eigenvalue weighted by atomic mass is 9.93. The smallest absolute Gasteiger partial charge is 0.212 e. The first-order valence-corrected chi connectivity index (χ1v) is 7.06. The van der Waals surface area contributed by atoms with Crippen molar-refractivity contribution < 1.29 is 8.42 Å². The van der Waals surface area contributed by atoms with Gasteiger partial charge < -0.3 is 0 Å². The first kappa shape index (κ1) is 12.0.